The molecule has 0 saturated heterocycles. The maximum atomic E-state index is 4.44. The van der Waals surface area contributed by atoms with E-state index < -0.39 is 0 Å². The molecule has 0 amide bonds. The van der Waals surface area contributed by atoms with Gasteiger partial charge < -0.3 is 4.57 Å². The van der Waals surface area contributed by atoms with Crippen molar-refractivity contribution in [1.82, 2.24) is 9.55 Å². The number of fused-ring (bicyclic) bond motifs is 6. The van der Waals surface area contributed by atoms with Gasteiger partial charge in [0.25, 0.3) is 0 Å². The highest BCUT2D eigenvalue weighted by molar-refractivity contribution is 6.18. The highest BCUT2D eigenvalue weighted by Gasteiger charge is 2.22. The third-order valence-electron chi connectivity index (χ3n) is 7.44. The Kier molecular flexibility index (Phi) is 3.69. The molecular formula is C33H20N2. The van der Waals surface area contributed by atoms with Gasteiger partial charge in [-0.05, 0) is 68.4 Å². The molecule has 0 aliphatic heterocycles. The first kappa shape index (κ1) is 18.7. The molecule has 2 heteroatoms. The molecule has 1 aliphatic carbocycles. The van der Waals surface area contributed by atoms with Gasteiger partial charge in [0, 0.05) is 22.7 Å². The predicted octanol–water partition coefficient (Wildman–Crippen LogP) is 8.65. The van der Waals surface area contributed by atoms with Gasteiger partial charge in [-0.15, -0.1) is 0 Å². The van der Waals surface area contributed by atoms with Gasteiger partial charge in [-0.3, -0.25) is 4.98 Å². The molecule has 0 radical (unpaired) electrons. The quantitative estimate of drug-likeness (QED) is 0.261. The minimum atomic E-state index is 1.13. The number of rotatable bonds is 2. The number of hydrogen-bond acceptors (Lipinski definition) is 1. The summed E-state index contributed by atoms with van der Waals surface area (Å²) in [6.07, 6.45) is 3.85. The van der Waals surface area contributed by atoms with Crippen molar-refractivity contribution in [1.29, 1.82) is 0 Å². The molecule has 162 valence electrons. The number of aromatic nitrogens is 2. The lowest BCUT2D eigenvalue weighted by Gasteiger charge is -2.13. The van der Waals surface area contributed by atoms with Crippen LogP contribution in [0.15, 0.2) is 122 Å². The Bertz CT molecular complexity index is 1880. The second kappa shape index (κ2) is 6.91. The molecule has 8 rings (SSSR count). The normalized spacial score (nSPS) is 12.0. The molecule has 0 spiro atoms. The highest BCUT2D eigenvalue weighted by atomic mass is 15.0. The monoisotopic (exact) mass is 444 g/mol. The number of pyridine rings is 1. The van der Waals surface area contributed by atoms with Crippen LogP contribution in [0.4, 0.5) is 0 Å². The maximum absolute atomic E-state index is 4.44. The number of hydrogen-bond donors (Lipinski definition) is 0. The summed E-state index contributed by atoms with van der Waals surface area (Å²) in [7, 11) is 0. The van der Waals surface area contributed by atoms with Gasteiger partial charge in [-0.25, -0.2) is 0 Å². The predicted molar refractivity (Wildman–Crippen MR) is 146 cm³/mol. The van der Waals surface area contributed by atoms with Crippen LogP contribution in [-0.2, 0) is 0 Å². The van der Waals surface area contributed by atoms with Crippen molar-refractivity contribution >= 4 is 32.6 Å². The van der Waals surface area contributed by atoms with Crippen LogP contribution in [0.1, 0.15) is 0 Å². The topological polar surface area (TPSA) is 17.8 Å². The van der Waals surface area contributed by atoms with Crippen molar-refractivity contribution in [3.63, 3.8) is 0 Å². The Hall–Kier alpha value is -4.69. The Morgan fingerprint density at radius 1 is 0.486 bits per heavy atom. The second-order valence-corrected chi connectivity index (χ2v) is 9.23. The fourth-order valence-corrected chi connectivity index (χ4v) is 5.97. The van der Waals surface area contributed by atoms with E-state index in [9.17, 15) is 0 Å². The first-order valence-electron chi connectivity index (χ1n) is 12.0. The van der Waals surface area contributed by atoms with Crippen LogP contribution >= 0.6 is 0 Å². The molecule has 0 atom stereocenters. The Balaban J connectivity index is 1.38. The zero-order valence-corrected chi connectivity index (χ0v) is 18.9. The molecular weight excluding hydrogens is 424 g/mol. The molecule has 0 bridgehead atoms. The summed E-state index contributed by atoms with van der Waals surface area (Å²) in [5.74, 6) is 0. The SMILES string of the molecule is c1cc(-c2ccc3c4c(cccc24)-c2ccccc2-3)cc(-n2c3ccccc3c3ccncc32)c1. The first-order chi connectivity index (χ1) is 17.4. The molecule has 2 nitrogen and oxygen atoms in total. The van der Waals surface area contributed by atoms with Crippen molar-refractivity contribution in [3.8, 4) is 39.1 Å². The van der Waals surface area contributed by atoms with Crippen LogP contribution < -0.4 is 0 Å². The smallest absolute Gasteiger partial charge is 0.0724 e. The van der Waals surface area contributed by atoms with Crippen LogP contribution in [-0.4, -0.2) is 9.55 Å². The second-order valence-electron chi connectivity index (χ2n) is 9.23. The minimum Gasteiger partial charge on any atom is -0.308 e. The standard InChI is InChI=1S/C33H20N2/c1-2-10-25-24(9-1)29-13-6-12-28-23(15-16-30(25)33(28)29)21-7-5-8-22(19-21)35-31-14-4-3-11-26(31)27-17-18-34-20-32(27)35/h1-20H. The molecule has 0 saturated carbocycles. The van der Waals surface area contributed by atoms with Gasteiger partial charge in [-0.2, -0.15) is 0 Å². The van der Waals surface area contributed by atoms with Crippen LogP contribution in [0.5, 0.6) is 0 Å². The van der Waals surface area contributed by atoms with Gasteiger partial charge in [0.2, 0.25) is 0 Å². The molecule has 5 aromatic carbocycles. The Morgan fingerprint density at radius 3 is 2.09 bits per heavy atom. The molecule has 35 heavy (non-hydrogen) atoms. The molecule has 0 unspecified atom stereocenters. The van der Waals surface area contributed by atoms with Crippen molar-refractivity contribution in [2.45, 2.75) is 0 Å². The third kappa shape index (κ3) is 2.51. The zero-order valence-electron chi connectivity index (χ0n) is 18.9. The van der Waals surface area contributed by atoms with Crippen molar-refractivity contribution < 1.29 is 0 Å². The lowest BCUT2D eigenvalue weighted by atomic mass is 9.94. The van der Waals surface area contributed by atoms with Gasteiger partial charge in [0.1, 0.15) is 0 Å². The van der Waals surface area contributed by atoms with E-state index in [0.717, 1.165) is 11.2 Å². The summed E-state index contributed by atoms with van der Waals surface area (Å²) in [5, 5.41) is 5.14. The highest BCUT2D eigenvalue weighted by Crippen LogP contribution is 2.49. The molecule has 2 heterocycles. The van der Waals surface area contributed by atoms with Crippen LogP contribution in [0.3, 0.4) is 0 Å². The van der Waals surface area contributed by atoms with E-state index in [4.69, 9.17) is 0 Å². The molecule has 7 aromatic rings. The average molecular weight is 445 g/mol. The largest absolute Gasteiger partial charge is 0.308 e. The van der Waals surface area contributed by atoms with E-state index in [1.54, 1.807) is 0 Å². The average Bonchev–Trinajstić information content (AvgIpc) is 3.44. The Labute approximate surface area is 202 Å². The number of nitrogens with zero attached hydrogens (tertiary/aromatic N) is 2. The summed E-state index contributed by atoms with van der Waals surface area (Å²) < 4.78 is 2.33. The van der Waals surface area contributed by atoms with Gasteiger partial charge in [0.15, 0.2) is 0 Å². The number of para-hydroxylation sites is 1. The van der Waals surface area contributed by atoms with E-state index >= 15 is 0 Å². The van der Waals surface area contributed by atoms with Crippen molar-refractivity contribution in [2.24, 2.45) is 0 Å². The maximum Gasteiger partial charge on any atom is 0.0724 e. The summed E-state index contributed by atoms with van der Waals surface area (Å²) in [4.78, 5) is 4.44. The minimum absolute atomic E-state index is 1.13. The van der Waals surface area contributed by atoms with E-state index in [0.29, 0.717) is 0 Å². The Morgan fingerprint density at radius 2 is 1.17 bits per heavy atom. The van der Waals surface area contributed by atoms with Gasteiger partial charge >= 0.3 is 0 Å². The van der Waals surface area contributed by atoms with Gasteiger partial charge in [-0.1, -0.05) is 84.9 Å². The van der Waals surface area contributed by atoms with E-state index in [-0.39, 0.29) is 0 Å². The fourth-order valence-electron chi connectivity index (χ4n) is 5.97. The van der Waals surface area contributed by atoms with Crippen molar-refractivity contribution in [3.05, 3.63) is 122 Å². The third-order valence-corrected chi connectivity index (χ3v) is 7.44. The fraction of sp³-hybridized carbons (Fsp3) is 0. The van der Waals surface area contributed by atoms with Gasteiger partial charge in [0.05, 0.1) is 17.2 Å². The zero-order chi connectivity index (χ0) is 22.9. The van der Waals surface area contributed by atoms with E-state index in [1.165, 1.54) is 60.4 Å². The molecule has 1 aliphatic rings. The molecule has 0 fully saturated rings. The van der Waals surface area contributed by atoms with Crippen LogP contribution in [0.2, 0.25) is 0 Å². The van der Waals surface area contributed by atoms with Crippen molar-refractivity contribution in [2.75, 3.05) is 0 Å². The molecule has 2 aromatic heterocycles. The lowest BCUT2D eigenvalue weighted by Crippen LogP contribution is -1.94. The summed E-state index contributed by atoms with van der Waals surface area (Å²) in [6.45, 7) is 0. The first-order valence-corrected chi connectivity index (χ1v) is 12.0. The lowest BCUT2D eigenvalue weighted by molar-refractivity contribution is 1.17. The van der Waals surface area contributed by atoms with Crippen LogP contribution in [0, 0.1) is 0 Å². The summed E-state index contributed by atoms with van der Waals surface area (Å²) in [5.41, 5.74) is 11.3. The van der Waals surface area contributed by atoms with Crippen LogP contribution in [0.25, 0.3) is 71.6 Å². The van der Waals surface area contributed by atoms with E-state index in [1.807, 2.05) is 12.4 Å². The number of benzene rings is 5. The van der Waals surface area contributed by atoms with E-state index in [2.05, 4.69) is 119 Å². The molecule has 0 N–H and O–H groups in total. The summed E-state index contributed by atoms with van der Waals surface area (Å²) >= 11 is 0. The summed E-state index contributed by atoms with van der Waals surface area (Å²) in [6, 6.07) is 39.6.